The van der Waals surface area contributed by atoms with Gasteiger partial charge in [-0.25, -0.2) is 4.39 Å². The highest BCUT2D eigenvalue weighted by atomic mass is 19.1. The zero-order valence-electron chi connectivity index (χ0n) is 9.00. The number of fused-ring (bicyclic) bond motifs is 1. The molecule has 1 aliphatic rings. The topological polar surface area (TPSA) is 46.5 Å². The largest absolute Gasteiger partial charge is 0.493 e. The van der Waals surface area contributed by atoms with Gasteiger partial charge < -0.3 is 9.84 Å². The van der Waals surface area contributed by atoms with Gasteiger partial charge in [0.1, 0.15) is 11.6 Å². The third-order valence-electron chi connectivity index (χ3n) is 2.83. The zero-order valence-corrected chi connectivity index (χ0v) is 9.00. The minimum atomic E-state index is -0.921. The molecule has 1 aromatic rings. The van der Waals surface area contributed by atoms with Gasteiger partial charge in [0.2, 0.25) is 0 Å². The predicted octanol–water partition coefficient (Wildman–Crippen LogP) is 2.02. The normalized spacial score (nSPS) is 15.4. The molecule has 1 unspecified atom stereocenters. The van der Waals surface area contributed by atoms with E-state index in [2.05, 4.69) is 0 Å². The lowest BCUT2D eigenvalue weighted by atomic mass is 9.98. The molecular formula is C12H13FO3. The van der Waals surface area contributed by atoms with Crippen LogP contribution in [0.25, 0.3) is 0 Å². The number of carboxylic acids is 1. The van der Waals surface area contributed by atoms with Crippen LogP contribution in [0.5, 0.6) is 5.75 Å². The van der Waals surface area contributed by atoms with E-state index in [0.29, 0.717) is 17.9 Å². The quantitative estimate of drug-likeness (QED) is 0.854. The molecule has 0 saturated carbocycles. The Labute approximate surface area is 92.9 Å². The van der Waals surface area contributed by atoms with Crippen molar-refractivity contribution >= 4 is 5.97 Å². The molecule has 1 aliphatic heterocycles. The van der Waals surface area contributed by atoms with Crippen LogP contribution in [0.1, 0.15) is 18.1 Å². The molecule has 16 heavy (non-hydrogen) atoms. The first kappa shape index (κ1) is 10.9. The fourth-order valence-electron chi connectivity index (χ4n) is 1.88. The summed E-state index contributed by atoms with van der Waals surface area (Å²) < 4.78 is 19.0. The lowest BCUT2D eigenvalue weighted by Gasteiger charge is -2.11. The SMILES string of the molecule is CC(Cc1c(F)ccc2c1OCC2)C(=O)O. The number of rotatable bonds is 3. The van der Waals surface area contributed by atoms with Gasteiger partial charge in [0.25, 0.3) is 0 Å². The molecule has 86 valence electrons. The van der Waals surface area contributed by atoms with Gasteiger partial charge in [-0.2, -0.15) is 0 Å². The number of hydrogen-bond acceptors (Lipinski definition) is 2. The Morgan fingerprint density at radius 2 is 2.38 bits per heavy atom. The Hall–Kier alpha value is -1.58. The van der Waals surface area contributed by atoms with Gasteiger partial charge in [-0.3, -0.25) is 4.79 Å². The summed E-state index contributed by atoms with van der Waals surface area (Å²) in [7, 11) is 0. The van der Waals surface area contributed by atoms with Crippen molar-refractivity contribution in [1.82, 2.24) is 0 Å². The van der Waals surface area contributed by atoms with Crippen LogP contribution in [-0.4, -0.2) is 17.7 Å². The van der Waals surface area contributed by atoms with E-state index in [4.69, 9.17) is 9.84 Å². The summed E-state index contributed by atoms with van der Waals surface area (Å²) in [5, 5.41) is 8.82. The number of halogens is 1. The van der Waals surface area contributed by atoms with E-state index < -0.39 is 11.9 Å². The first-order valence-electron chi connectivity index (χ1n) is 5.25. The van der Waals surface area contributed by atoms with E-state index in [1.165, 1.54) is 6.07 Å². The highest BCUT2D eigenvalue weighted by Gasteiger charge is 2.23. The smallest absolute Gasteiger partial charge is 0.306 e. The van der Waals surface area contributed by atoms with Crippen LogP contribution in [0, 0.1) is 11.7 Å². The molecule has 0 amide bonds. The summed E-state index contributed by atoms with van der Waals surface area (Å²) in [6.07, 6.45) is 0.939. The molecule has 0 radical (unpaired) electrons. The fraction of sp³-hybridized carbons (Fsp3) is 0.417. The maximum absolute atomic E-state index is 13.6. The van der Waals surface area contributed by atoms with Crippen molar-refractivity contribution in [2.75, 3.05) is 6.61 Å². The maximum Gasteiger partial charge on any atom is 0.306 e. The standard InChI is InChI=1S/C12H13FO3/c1-7(12(14)15)6-9-10(13)3-2-8-4-5-16-11(8)9/h2-3,7H,4-6H2,1H3,(H,14,15). The van der Waals surface area contributed by atoms with Crippen molar-refractivity contribution in [3.8, 4) is 5.75 Å². The molecule has 1 atom stereocenters. The average molecular weight is 224 g/mol. The minimum absolute atomic E-state index is 0.171. The Kier molecular flexibility index (Phi) is 2.81. The van der Waals surface area contributed by atoms with Crippen molar-refractivity contribution in [3.63, 3.8) is 0 Å². The summed E-state index contributed by atoms with van der Waals surface area (Å²) in [5.41, 5.74) is 1.36. The monoisotopic (exact) mass is 224 g/mol. The lowest BCUT2D eigenvalue weighted by molar-refractivity contribution is -0.141. The summed E-state index contributed by atoms with van der Waals surface area (Å²) >= 11 is 0. The molecule has 1 heterocycles. The number of hydrogen-bond donors (Lipinski definition) is 1. The van der Waals surface area contributed by atoms with Crippen molar-refractivity contribution in [1.29, 1.82) is 0 Å². The molecule has 1 aromatic carbocycles. The predicted molar refractivity (Wildman–Crippen MR) is 56.1 cm³/mol. The van der Waals surface area contributed by atoms with Gasteiger partial charge in [0.05, 0.1) is 12.5 Å². The van der Waals surface area contributed by atoms with E-state index in [-0.39, 0.29) is 12.2 Å². The number of aliphatic carboxylic acids is 1. The van der Waals surface area contributed by atoms with Gasteiger partial charge in [-0.1, -0.05) is 13.0 Å². The minimum Gasteiger partial charge on any atom is -0.493 e. The number of ether oxygens (including phenoxy) is 1. The second-order valence-electron chi connectivity index (χ2n) is 4.06. The fourth-order valence-corrected chi connectivity index (χ4v) is 1.88. The van der Waals surface area contributed by atoms with E-state index >= 15 is 0 Å². The molecule has 1 N–H and O–H groups in total. The van der Waals surface area contributed by atoms with Crippen LogP contribution in [0.4, 0.5) is 4.39 Å². The molecule has 2 rings (SSSR count). The van der Waals surface area contributed by atoms with Gasteiger partial charge in [0, 0.05) is 12.0 Å². The summed E-state index contributed by atoms with van der Waals surface area (Å²) in [6, 6.07) is 3.09. The summed E-state index contributed by atoms with van der Waals surface area (Å²) in [6.45, 7) is 2.11. The number of carbonyl (C=O) groups is 1. The van der Waals surface area contributed by atoms with Crippen LogP contribution in [-0.2, 0) is 17.6 Å². The van der Waals surface area contributed by atoms with Crippen LogP contribution >= 0.6 is 0 Å². The Bertz CT molecular complexity index is 429. The molecule has 4 heteroatoms. The van der Waals surface area contributed by atoms with Gasteiger partial charge in [-0.15, -0.1) is 0 Å². The first-order valence-corrected chi connectivity index (χ1v) is 5.25. The number of carboxylic acid groups (broad SMARTS) is 1. The number of benzene rings is 1. The van der Waals surface area contributed by atoms with E-state index in [9.17, 15) is 9.18 Å². The molecule has 0 saturated heterocycles. The van der Waals surface area contributed by atoms with Crippen molar-refractivity contribution in [2.45, 2.75) is 19.8 Å². The second kappa shape index (κ2) is 4.12. The lowest BCUT2D eigenvalue weighted by Crippen LogP contribution is -2.13. The van der Waals surface area contributed by atoms with Crippen LogP contribution in [0.3, 0.4) is 0 Å². The molecule has 3 nitrogen and oxygen atoms in total. The maximum atomic E-state index is 13.6. The van der Waals surface area contributed by atoms with Crippen molar-refractivity contribution in [2.24, 2.45) is 5.92 Å². The van der Waals surface area contributed by atoms with E-state index in [1.807, 2.05) is 0 Å². The summed E-state index contributed by atoms with van der Waals surface area (Å²) in [4.78, 5) is 10.8. The van der Waals surface area contributed by atoms with Crippen LogP contribution < -0.4 is 4.74 Å². The third-order valence-corrected chi connectivity index (χ3v) is 2.83. The highest BCUT2D eigenvalue weighted by Crippen LogP contribution is 2.33. The third kappa shape index (κ3) is 1.87. The average Bonchev–Trinajstić information content (AvgIpc) is 2.70. The van der Waals surface area contributed by atoms with Gasteiger partial charge in [0.15, 0.2) is 0 Å². The molecule has 0 aromatic heterocycles. The second-order valence-corrected chi connectivity index (χ2v) is 4.06. The van der Waals surface area contributed by atoms with Crippen molar-refractivity contribution in [3.05, 3.63) is 29.1 Å². The first-order chi connectivity index (χ1) is 7.59. The Balaban J connectivity index is 2.33. The molecule has 0 bridgehead atoms. The Morgan fingerprint density at radius 1 is 1.62 bits per heavy atom. The van der Waals surface area contributed by atoms with Crippen LogP contribution in [0.2, 0.25) is 0 Å². The summed E-state index contributed by atoms with van der Waals surface area (Å²) in [5.74, 6) is -1.36. The zero-order chi connectivity index (χ0) is 11.7. The van der Waals surface area contributed by atoms with Crippen molar-refractivity contribution < 1.29 is 19.0 Å². The van der Waals surface area contributed by atoms with Crippen LogP contribution in [0.15, 0.2) is 12.1 Å². The molecule has 0 fully saturated rings. The van der Waals surface area contributed by atoms with Gasteiger partial charge >= 0.3 is 5.97 Å². The van der Waals surface area contributed by atoms with E-state index in [0.717, 1.165) is 12.0 Å². The Morgan fingerprint density at radius 3 is 3.06 bits per heavy atom. The van der Waals surface area contributed by atoms with Gasteiger partial charge in [-0.05, 0) is 18.1 Å². The van der Waals surface area contributed by atoms with E-state index in [1.54, 1.807) is 13.0 Å². The molecular weight excluding hydrogens is 211 g/mol. The molecule has 0 aliphatic carbocycles. The molecule has 0 spiro atoms. The highest BCUT2D eigenvalue weighted by molar-refractivity contribution is 5.70.